The molecule has 31 heavy (non-hydrogen) atoms. The molecule has 0 atom stereocenters. The number of pyridine rings is 1. The first-order valence-electron chi connectivity index (χ1n) is 9.59. The third-order valence-electron chi connectivity index (χ3n) is 4.75. The van der Waals surface area contributed by atoms with E-state index in [-0.39, 0.29) is 12.1 Å². The molecule has 2 heterocycles. The van der Waals surface area contributed by atoms with E-state index in [0.29, 0.717) is 12.3 Å². The molecule has 0 aliphatic carbocycles. The lowest BCUT2D eigenvalue weighted by Gasteiger charge is -2.11. The Morgan fingerprint density at radius 3 is 2.74 bits per heavy atom. The van der Waals surface area contributed by atoms with Gasteiger partial charge in [0.1, 0.15) is 17.4 Å². The number of aromatic nitrogens is 3. The lowest BCUT2D eigenvalue weighted by Crippen LogP contribution is -2.24. The van der Waals surface area contributed by atoms with Crippen LogP contribution in [0.2, 0.25) is 0 Å². The van der Waals surface area contributed by atoms with Gasteiger partial charge in [0.2, 0.25) is 0 Å². The molecule has 0 bridgehead atoms. The highest BCUT2D eigenvalue weighted by Gasteiger charge is 2.13. The average molecular weight is 480 g/mol. The first kappa shape index (κ1) is 22.2. The summed E-state index contributed by atoms with van der Waals surface area (Å²) in [7, 11) is 1.61. The number of ether oxygens (including phenoxy) is 1. The summed E-state index contributed by atoms with van der Waals surface area (Å²) >= 11 is 3.54. The number of methoxy groups -OCH3 is 1. The minimum atomic E-state index is -0.451. The first-order chi connectivity index (χ1) is 14.9. The molecular weight excluding hydrogens is 458 g/mol. The molecule has 2 aromatic heterocycles. The Morgan fingerprint density at radius 2 is 2.13 bits per heavy atom. The summed E-state index contributed by atoms with van der Waals surface area (Å²) in [5.74, 6) is 0.256. The monoisotopic (exact) mass is 479 g/mol. The molecule has 0 saturated heterocycles. The molecule has 0 aliphatic heterocycles. The predicted molar refractivity (Wildman–Crippen MR) is 121 cm³/mol. The number of hydrogen-bond donors (Lipinski definition) is 1. The van der Waals surface area contributed by atoms with E-state index in [1.54, 1.807) is 25.4 Å². The van der Waals surface area contributed by atoms with Gasteiger partial charge < -0.3 is 10.1 Å². The third-order valence-corrected chi connectivity index (χ3v) is 5.90. The normalized spacial score (nSPS) is 11.1. The summed E-state index contributed by atoms with van der Waals surface area (Å²) in [5, 5.41) is 16.8. The maximum Gasteiger partial charge on any atom is 0.262 e. The topological polar surface area (TPSA) is 92.8 Å². The van der Waals surface area contributed by atoms with Crippen LogP contribution in [-0.4, -0.2) is 27.8 Å². The molecule has 8 heteroatoms. The smallest absolute Gasteiger partial charge is 0.262 e. The molecular formula is C23H22BrN5O2. The lowest BCUT2D eigenvalue weighted by molar-refractivity contribution is -0.117. The van der Waals surface area contributed by atoms with Crippen molar-refractivity contribution < 1.29 is 9.53 Å². The number of aryl methyl sites for hydroxylation is 1. The second-order valence-electron chi connectivity index (χ2n) is 6.89. The Morgan fingerprint density at radius 1 is 1.32 bits per heavy atom. The molecule has 0 radical (unpaired) electrons. The van der Waals surface area contributed by atoms with E-state index in [2.05, 4.69) is 31.3 Å². The molecule has 158 valence electrons. The SMILES string of the molecule is COc1ccc(/C=C(\C#N)C(=O)NCc2ccccn2)cc1Cn1nc(C)c(Br)c1C. The van der Waals surface area contributed by atoms with Crippen LogP contribution in [0.25, 0.3) is 6.08 Å². The van der Waals surface area contributed by atoms with Crippen molar-refractivity contribution in [2.45, 2.75) is 26.9 Å². The Hall–Kier alpha value is -3.44. The number of hydrogen-bond acceptors (Lipinski definition) is 5. The number of halogens is 1. The molecule has 1 amide bonds. The van der Waals surface area contributed by atoms with E-state index < -0.39 is 5.91 Å². The van der Waals surface area contributed by atoms with Crippen LogP contribution in [0.1, 0.15) is 28.2 Å². The van der Waals surface area contributed by atoms with Crippen molar-refractivity contribution in [2.24, 2.45) is 0 Å². The van der Waals surface area contributed by atoms with Crippen LogP contribution in [-0.2, 0) is 17.9 Å². The molecule has 0 saturated carbocycles. The van der Waals surface area contributed by atoms with E-state index in [1.165, 1.54) is 0 Å². The number of amides is 1. The van der Waals surface area contributed by atoms with E-state index in [4.69, 9.17) is 4.74 Å². The first-order valence-corrected chi connectivity index (χ1v) is 10.4. The van der Waals surface area contributed by atoms with Crippen LogP contribution in [0.4, 0.5) is 0 Å². The molecule has 1 aromatic carbocycles. The van der Waals surface area contributed by atoms with Crippen LogP contribution in [0, 0.1) is 25.2 Å². The zero-order chi connectivity index (χ0) is 22.4. The minimum Gasteiger partial charge on any atom is -0.496 e. The Kier molecular flexibility index (Phi) is 7.21. The van der Waals surface area contributed by atoms with Gasteiger partial charge in [-0.15, -0.1) is 0 Å². The number of rotatable bonds is 7. The van der Waals surface area contributed by atoms with Crippen LogP contribution < -0.4 is 10.1 Å². The van der Waals surface area contributed by atoms with E-state index in [1.807, 2.05) is 54.9 Å². The summed E-state index contributed by atoms with van der Waals surface area (Å²) in [6, 6.07) is 13.0. The van der Waals surface area contributed by atoms with Crippen molar-refractivity contribution in [1.29, 1.82) is 5.26 Å². The molecule has 1 N–H and O–H groups in total. The molecule has 7 nitrogen and oxygen atoms in total. The van der Waals surface area contributed by atoms with Gasteiger partial charge in [0.15, 0.2) is 0 Å². The molecule has 3 aromatic rings. The van der Waals surface area contributed by atoms with Gasteiger partial charge in [-0.25, -0.2) is 0 Å². The Labute approximate surface area is 189 Å². The highest BCUT2D eigenvalue weighted by Crippen LogP contribution is 2.25. The van der Waals surface area contributed by atoms with E-state index in [9.17, 15) is 10.1 Å². The average Bonchev–Trinajstić information content (AvgIpc) is 3.03. The zero-order valence-corrected chi connectivity index (χ0v) is 19.1. The van der Waals surface area contributed by atoms with Crippen LogP contribution >= 0.6 is 15.9 Å². The van der Waals surface area contributed by atoms with Gasteiger partial charge in [0.25, 0.3) is 5.91 Å². The Bertz CT molecular complexity index is 1160. The van der Waals surface area contributed by atoms with Crippen molar-refractivity contribution in [3.05, 3.63) is 80.8 Å². The molecule has 0 aliphatic rings. The van der Waals surface area contributed by atoms with Crippen molar-refractivity contribution in [1.82, 2.24) is 20.1 Å². The second-order valence-corrected chi connectivity index (χ2v) is 7.68. The number of nitriles is 1. The fourth-order valence-electron chi connectivity index (χ4n) is 3.09. The molecule has 0 spiro atoms. The van der Waals surface area contributed by atoms with Gasteiger partial charge in [-0.05, 0) is 65.7 Å². The van der Waals surface area contributed by atoms with Crippen LogP contribution in [0.3, 0.4) is 0 Å². The number of benzene rings is 1. The quantitative estimate of drug-likeness (QED) is 0.409. The fraction of sp³-hybridized carbons (Fsp3) is 0.217. The molecule has 3 rings (SSSR count). The highest BCUT2D eigenvalue weighted by molar-refractivity contribution is 9.10. The second kappa shape index (κ2) is 10.0. The van der Waals surface area contributed by atoms with Gasteiger partial charge >= 0.3 is 0 Å². The standard InChI is InChI=1S/C23H22BrN5O2/c1-15-22(24)16(2)29(28-15)14-19-11-17(7-8-21(19)31-3)10-18(12-25)23(30)27-13-20-6-4-5-9-26-20/h4-11H,13-14H2,1-3H3,(H,27,30)/b18-10+. The minimum absolute atomic E-state index is 0.0147. The summed E-state index contributed by atoms with van der Waals surface area (Å²) in [6.07, 6.45) is 3.22. The highest BCUT2D eigenvalue weighted by atomic mass is 79.9. The number of nitrogens with zero attached hydrogens (tertiary/aromatic N) is 4. The van der Waals surface area contributed by atoms with E-state index in [0.717, 1.165) is 32.7 Å². The van der Waals surface area contributed by atoms with Crippen LogP contribution in [0.15, 0.2) is 52.6 Å². The maximum absolute atomic E-state index is 12.5. The molecule has 0 fully saturated rings. The lowest BCUT2D eigenvalue weighted by atomic mass is 10.1. The van der Waals surface area contributed by atoms with Gasteiger partial charge in [-0.1, -0.05) is 12.1 Å². The van der Waals surface area contributed by atoms with Gasteiger partial charge in [0.05, 0.1) is 41.8 Å². The fourth-order valence-corrected chi connectivity index (χ4v) is 3.37. The number of nitrogens with one attached hydrogen (secondary N) is 1. The van der Waals surface area contributed by atoms with E-state index >= 15 is 0 Å². The van der Waals surface area contributed by atoms with Crippen LogP contribution in [0.5, 0.6) is 5.75 Å². The third kappa shape index (κ3) is 5.38. The van der Waals surface area contributed by atoms with Crippen molar-refractivity contribution in [3.8, 4) is 11.8 Å². The molecule has 0 unspecified atom stereocenters. The number of carbonyl (C=O) groups excluding carboxylic acids is 1. The maximum atomic E-state index is 12.5. The summed E-state index contributed by atoms with van der Waals surface area (Å²) < 4.78 is 8.35. The number of carbonyl (C=O) groups is 1. The Balaban J connectivity index is 1.83. The largest absolute Gasteiger partial charge is 0.496 e. The van der Waals surface area contributed by atoms with Gasteiger partial charge in [-0.3, -0.25) is 14.5 Å². The van der Waals surface area contributed by atoms with Gasteiger partial charge in [0, 0.05) is 11.8 Å². The summed E-state index contributed by atoms with van der Waals surface area (Å²) in [5.41, 5.74) is 4.26. The van der Waals surface area contributed by atoms with Crippen molar-refractivity contribution >= 4 is 27.9 Å². The predicted octanol–water partition coefficient (Wildman–Crippen LogP) is 3.94. The van der Waals surface area contributed by atoms with Crippen molar-refractivity contribution in [2.75, 3.05) is 7.11 Å². The zero-order valence-electron chi connectivity index (χ0n) is 17.5. The summed E-state index contributed by atoms with van der Waals surface area (Å²) in [4.78, 5) is 16.6. The van der Waals surface area contributed by atoms with Gasteiger partial charge in [-0.2, -0.15) is 10.4 Å². The van der Waals surface area contributed by atoms with Crippen molar-refractivity contribution in [3.63, 3.8) is 0 Å². The summed E-state index contributed by atoms with van der Waals surface area (Å²) in [6.45, 7) is 4.67.